The molecule has 0 rings (SSSR count). The number of nitrogens with one attached hydrogen (secondary N) is 1. The molecular weight excluding hydrogens is 146 g/mol. The minimum Gasteiger partial charge on any atom is -0.409 e. The lowest BCUT2D eigenvalue weighted by Gasteiger charge is -2.01. The average molecular weight is 161 g/mol. The zero-order valence-electron chi connectivity index (χ0n) is 6.45. The van der Waals surface area contributed by atoms with Crippen molar-refractivity contribution >= 4 is 5.84 Å². The standard InChI is InChI=1S/C6H15N3O2/c7-6(9-11)2-4-8-3-1-5-10/h8,10-11H,1-5H2,(H2,7,9). The third-order valence-corrected chi connectivity index (χ3v) is 1.20. The van der Waals surface area contributed by atoms with Gasteiger partial charge in [0.15, 0.2) is 0 Å². The van der Waals surface area contributed by atoms with Gasteiger partial charge in [0.25, 0.3) is 0 Å². The Morgan fingerprint density at radius 1 is 1.45 bits per heavy atom. The SMILES string of the molecule is NC(CCNCCCO)=NO. The Bertz CT molecular complexity index is 116. The first-order valence-electron chi connectivity index (χ1n) is 3.59. The first-order valence-corrected chi connectivity index (χ1v) is 3.59. The molecule has 0 aliphatic carbocycles. The first-order chi connectivity index (χ1) is 5.31. The maximum Gasteiger partial charge on any atom is 0.140 e. The van der Waals surface area contributed by atoms with Crippen molar-refractivity contribution in [3.63, 3.8) is 0 Å². The molecule has 0 saturated carbocycles. The van der Waals surface area contributed by atoms with E-state index in [9.17, 15) is 0 Å². The molecule has 5 heteroatoms. The van der Waals surface area contributed by atoms with E-state index in [1.54, 1.807) is 0 Å². The molecule has 0 aromatic heterocycles. The lowest BCUT2D eigenvalue weighted by Crippen LogP contribution is -2.23. The van der Waals surface area contributed by atoms with Crippen molar-refractivity contribution in [3.8, 4) is 0 Å². The van der Waals surface area contributed by atoms with Crippen LogP contribution in [0.4, 0.5) is 0 Å². The van der Waals surface area contributed by atoms with E-state index in [0.717, 1.165) is 13.0 Å². The fraction of sp³-hybridized carbons (Fsp3) is 0.833. The lowest BCUT2D eigenvalue weighted by molar-refractivity contribution is 0.286. The molecule has 0 aliphatic rings. The Hall–Kier alpha value is -0.810. The van der Waals surface area contributed by atoms with Crippen molar-refractivity contribution in [2.75, 3.05) is 19.7 Å². The quantitative estimate of drug-likeness (QED) is 0.133. The molecular formula is C6H15N3O2. The molecule has 0 radical (unpaired) electrons. The molecule has 0 saturated heterocycles. The summed E-state index contributed by atoms with van der Waals surface area (Å²) >= 11 is 0. The summed E-state index contributed by atoms with van der Waals surface area (Å²) in [5.74, 6) is 0.224. The second-order valence-electron chi connectivity index (χ2n) is 2.17. The number of hydrogen-bond donors (Lipinski definition) is 4. The molecule has 0 amide bonds. The van der Waals surface area contributed by atoms with Crippen molar-refractivity contribution in [3.05, 3.63) is 0 Å². The van der Waals surface area contributed by atoms with Gasteiger partial charge in [-0.3, -0.25) is 0 Å². The minimum absolute atomic E-state index is 0.191. The van der Waals surface area contributed by atoms with Crippen molar-refractivity contribution in [1.82, 2.24) is 5.32 Å². The van der Waals surface area contributed by atoms with Gasteiger partial charge in [0.1, 0.15) is 5.84 Å². The summed E-state index contributed by atoms with van der Waals surface area (Å²) in [7, 11) is 0. The number of oxime groups is 1. The van der Waals surface area contributed by atoms with Crippen LogP contribution in [0.15, 0.2) is 5.16 Å². The van der Waals surface area contributed by atoms with Gasteiger partial charge in [0.2, 0.25) is 0 Å². The van der Waals surface area contributed by atoms with Gasteiger partial charge >= 0.3 is 0 Å². The Morgan fingerprint density at radius 2 is 2.18 bits per heavy atom. The zero-order chi connectivity index (χ0) is 8.53. The molecule has 5 N–H and O–H groups in total. The van der Waals surface area contributed by atoms with Crippen molar-refractivity contribution in [2.24, 2.45) is 10.9 Å². The highest BCUT2D eigenvalue weighted by molar-refractivity contribution is 5.79. The molecule has 0 aliphatic heterocycles. The van der Waals surface area contributed by atoms with Crippen LogP contribution in [0.5, 0.6) is 0 Å². The molecule has 0 heterocycles. The van der Waals surface area contributed by atoms with Crippen LogP contribution >= 0.6 is 0 Å². The largest absolute Gasteiger partial charge is 0.409 e. The topological polar surface area (TPSA) is 90.9 Å². The van der Waals surface area contributed by atoms with E-state index in [2.05, 4.69) is 10.5 Å². The van der Waals surface area contributed by atoms with Gasteiger partial charge in [-0.2, -0.15) is 0 Å². The molecule has 0 bridgehead atoms. The molecule has 0 spiro atoms. The summed E-state index contributed by atoms with van der Waals surface area (Å²) in [6, 6.07) is 0. The Labute approximate surface area is 65.9 Å². The molecule has 0 fully saturated rings. The molecule has 0 aromatic rings. The maximum absolute atomic E-state index is 8.39. The van der Waals surface area contributed by atoms with Crippen LogP contribution in [-0.2, 0) is 0 Å². The van der Waals surface area contributed by atoms with Gasteiger partial charge in [0, 0.05) is 19.6 Å². The van der Waals surface area contributed by atoms with Crippen molar-refractivity contribution in [1.29, 1.82) is 0 Å². The van der Waals surface area contributed by atoms with Gasteiger partial charge in [-0.1, -0.05) is 5.16 Å². The highest BCUT2D eigenvalue weighted by Crippen LogP contribution is 1.77. The van der Waals surface area contributed by atoms with E-state index >= 15 is 0 Å². The summed E-state index contributed by atoms with van der Waals surface area (Å²) in [6.07, 6.45) is 1.26. The van der Waals surface area contributed by atoms with Crippen LogP contribution < -0.4 is 11.1 Å². The van der Waals surface area contributed by atoms with Crippen LogP contribution in [0.2, 0.25) is 0 Å². The summed E-state index contributed by atoms with van der Waals surface area (Å²) in [6.45, 7) is 1.63. The van der Waals surface area contributed by atoms with E-state index in [1.807, 2.05) is 0 Å². The zero-order valence-corrected chi connectivity index (χ0v) is 6.45. The van der Waals surface area contributed by atoms with Gasteiger partial charge < -0.3 is 21.4 Å². The Balaban J connectivity index is 3.02. The summed E-state index contributed by atoms with van der Waals surface area (Å²) in [5, 5.41) is 22.4. The number of aliphatic hydroxyl groups excluding tert-OH is 1. The number of nitrogens with two attached hydrogens (primary N) is 1. The van der Waals surface area contributed by atoms with Gasteiger partial charge in [-0.15, -0.1) is 0 Å². The third-order valence-electron chi connectivity index (χ3n) is 1.20. The molecule has 0 atom stereocenters. The fourth-order valence-corrected chi connectivity index (χ4v) is 0.596. The molecule has 5 nitrogen and oxygen atoms in total. The fourth-order valence-electron chi connectivity index (χ4n) is 0.596. The smallest absolute Gasteiger partial charge is 0.140 e. The predicted octanol–water partition coefficient (Wildman–Crippen LogP) is -0.905. The van der Waals surface area contributed by atoms with E-state index in [-0.39, 0.29) is 12.4 Å². The van der Waals surface area contributed by atoms with Crippen LogP contribution in [0.3, 0.4) is 0 Å². The van der Waals surface area contributed by atoms with Crippen molar-refractivity contribution in [2.45, 2.75) is 12.8 Å². The second kappa shape index (κ2) is 7.30. The minimum atomic E-state index is 0.191. The van der Waals surface area contributed by atoms with Crippen LogP contribution in [0.25, 0.3) is 0 Å². The van der Waals surface area contributed by atoms with Crippen LogP contribution in [0.1, 0.15) is 12.8 Å². The number of rotatable bonds is 6. The molecule has 0 unspecified atom stereocenters. The monoisotopic (exact) mass is 161 g/mol. The number of amidine groups is 1. The number of nitrogens with zero attached hydrogens (tertiary/aromatic N) is 1. The van der Waals surface area contributed by atoms with Gasteiger partial charge in [-0.25, -0.2) is 0 Å². The summed E-state index contributed by atoms with van der Waals surface area (Å²) in [4.78, 5) is 0. The summed E-state index contributed by atoms with van der Waals surface area (Å²) < 4.78 is 0. The normalized spacial score (nSPS) is 11.9. The number of hydrogen-bond acceptors (Lipinski definition) is 4. The van der Waals surface area contributed by atoms with Crippen LogP contribution in [0, 0.1) is 0 Å². The highest BCUT2D eigenvalue weighted by Gasteiger charge is 1.91. The van der Waals surface area contributed by atoms with E-state index < -0.39 is 0 Å². The predicted molar refractivity (Wildman–Crippen MR) is 42.6 cm³/mol. The van der Waals surface area contributed by atoms with E-state index in [0.29, 0.717) is 13.0 Å². The molecule has 11 heavy (non-hydrogen) atoms. The van der Waals surface area contributed by atoms with Crippen molar-refractivity contribution < 1.29 is 10.3 Å². The maximum atomic E-state index is 8.39. The second-order valence-corrected chi connectivity index (χ2v) is 2.17. The van der Waals surface area contributed by atoms with Gasteiger partial charge in [-0.05, 0) is 13.0 Å². The van der Waals surface area contributed by atoms with Crippen LogP contribution in [-0.4, -0.2) is 35.8 Å². The average Bonchev–Trinajstić information content (AvgIpc) is 2.04. The lowest BCUT2D eigenvalue weighted by atomic mass is 10.4. The third kappa shape index (κ3) is 7.08. The Morgan fingerprint density at radius 3 is 2.73 bits per heavy atom. The van der Waals surface area contributed by atoms with Gasteiger partial charge in [0.05, 0.1) is 0 Å². The first kappa shape index (κ1) is 10.2. The summed E-state index contributed by atoms with van der Waals surface area (Å²) in [5.41, 5.74) is 5.20. The van der Waals surface area contributed by atoms with E-state index in [4.69, 9.17) is 16.0 Å². The Kier molecular flexibility index (Phi) is 6.76. The number of aliphatic hydroxyl groups is 1. The molecule has 0 aromatic carbocycles. The highest BCUT2D eigenvalue weighted by atomic mass is 16.4. The van der Waals surface area contributed by atoms with E-state index in [1.165, 1.54) is 0 Å². The molecule has 66 valence electrons.